The molecule has 0 aliphatic rings. The van der Waals surface area contributed by atoms with Crippen LogP contribution in [0.4, 0.5) is 0 Å². The van der Waals surface area contributed by atoms with Gasteiger partial charge in [-0.2, -0.15) is 0 Å². The van der Waals surface area contributed by atoms with Gasteiger partial charge in [-0.3, -0.25) is 14.4 Å². The quantitative estimate of drug-likeness (QED) is 0.0262. The minimum absolute atomic E-state index is 0.0801. The van der Waals surface area contributed by atoms with E-state index >= 15 is 0 Å². The first kappa shape index (κ1) is 62.8. The van der Waals surface area contributed by atoms with Crippen molar-refractivity contribution in [2.75, 3.05) is 13.2 Å². The molecule has 0 radical (unpaired) electrons. The first-order chi connectivity index (χ1) is 32.5. The predicted molar refractivity (Wildman–Crippen MR) is 284 cm³/mol. The molecule has 1 unspecified atom stereocenters. The SMILES string of the molecule is CC/C=C\C/C=C\C/C=C\C/C=C\CCCCCCCCCCCCCCC(=O)OCC(COC(=O)CCCCCCCCC)OC(=O)CCCCCCC/C=C\C/C=C\CCCCCC. The Kier molecular flexibility index (Phi) is 51.9. The van der Waals surface area contributed by atoms with E-state index in [2.05, 4.69) is 93.7 Å². The Hall–Kier alpha value is -3.15. The summed E-state index contributed by atoms with van der Waals surface area (Å²) in [6, 6.07) is 0. The standard InChI is InChI=1S/C60H104O6/c1-4-7-10-13-16-18-20-22-24-26-27-28-29-30-31-32-33-34-36-37-39-41-44-47-50-53-59(62)65-56-57(55-64-58(61)52-49-46-43-15-12-9-6-3)66-60(63)54-51-48-45-42-40-38-35-25-23-21-19-17-14-11-8-5-2/h7,10,16,18-19,21-22,24-25,27-28,35,57H,4-6,8-9,11-15,17,20,23,26,29-34,36-56H2,1-3H3/b10-7-,18-16-,21-19-,24-22-,28-27-,35-25-. The first-order valence-corrected chi connectivity index (χ1v) is 27.9. The van der Waals surface area contributed by atoms with E-state index in [1.807, 2.05) is 0 Å². The van der Waals surface area contributed by atoms with Crippen molar-refractivity contribution < 1.29 is 28.6 Å². The van der Waals surface area contributed by atoms with Crippen LogP contribution in [0.1, 0.15) is 271 Å². The first-order valence-electron chi connectivity index (χ1n) is 27.9. The normalized spacial score (nSPS) is 12.6. The van der Waals surface area contributed by atoms with Gasteiger partial charge in [0.15, 0.2) is 6.10 Å². The molecule has 0 aromatic rings. The molecule has 0 fully saturated rings. The Labute approximate surface area is 408 Å². The molecule has 1 atom stereocenters. The van der Waals surface area contributed by atoms with Crippen LogP contribution in [0.5, 0.6) is 0 Å². The second kappa shape index (κ2) is 54.5. The topological polar surface area (TPSA) is 78.9 Å². The molecular weight excluding hydrogens is 817 g/mol. The molecule has 0 spiro atoms. The summed E-state index contributed by atoms with van der Waals surface area (Å²) in [6.45, 7) is 6.47. The van der Waals surface area contributed by atoms with Crippen LogP contribution < -0.4 is 0 Å². The maximum atomic E-state index is 12.8. The van der Waals surface area contributed by atoms with Gasteiger partial charge in [-0.15, -0.1) is 0 Å². The van der Waals surface area contributed by atoms with Crippen LogP contribution in [0, 0.1) is 0 Å². The molecule has 380 valence electrons. The molecule has 6 nitrogen and oxygen atoms in total. The van der Waals surface area contributed by atoms with E-state index in [0.717, 1.165) is 109 Å². The zero-order chi connectivity index (χ0) is 47.9. The van der Waals surface area contributed by atoms with Gasteiger partial charge in [0, 0.05) is 19.3 Å². The maximum Gasteiger partial charge on any atom is 0.306 e. The van der Waals surface area contributed by atoms with Crippen LogP contribution in [-0.2, 0) is 28.6 Å². The van der Waals surface area contributed by atoms with Gasteiger partial charge in [-0.1, -0.05) is 235 Å². The highest BCUT2D eigenvalue weighted by Crippen LogP contribution is 2.15. The molecule has 0 saturated heterocycles. The fourth-order valence-corrected chi connectivity index (χ4v) is 7.76. The van der Waals surface area contributed by atoms with Crippen molar-refractivity contribution in [1.82, 2.24) is 0 Å². The fourth-order valence-electron chi connectivity index (χ4n) is 7.76. The van der Waals surface area contributed by atoms with Gasteiger partial charge < -0.3 is 14.2 Å². The van der Waals surface area contributed by atoms with E-state index in [0.29, 0.717) is 19.3 Å². The third-order valence-corrected chi connectivity index (χ3v) is 11.9. The lowest BCUT2D eigenvalue weighted by molar-refractivity contribution is -0.167. The number of hydrogen-bond donors (Lipinski definition) is 0. The molecule has 0 aromatic heterocycles. The molecule has 0 saturated carbocycles. The predicted octanol–water partition coefficient (Wildman–Crippen LogP) is 18.6. The van der Waals surface area contributed by atoms with Crippen molar-refractivity contribution in [3.8, 4) is 0 Å². The van der Waals surface area contributed by atoms with E-state index in [-0.39, 0.29) is 31.1 Å². The Morgan fingerprint density at radius 2 is 0.591 bits per heavy atom. The van der Waals surface area contributed by atoms with E-state index < -0.39 is 6.10 Å². The number of ether oxygens (including phenoxy) is 3. The van der Waals surface area contributed by atoms with Gasteiger partial charge in [0.05, 0.1) is 0 Å². The average Bonchev–Trinajstić information content (AvgIpc) is 3.31. The Bertz CT molecular complexity index is 1240. The molecule has 66 heavy (non-hydrogen) atoms. The molecule has 0 aliphatic carbocycles. The number of carbonyl (C=O) groups is 3. The Morgan fingerprint density at radius 3 is 0.939 bits per heavy atom. The summed E-state index contributed by atoms with van der Waals surface area (Å²) in [5.41, 5.74) is 0. The second-order valence-electron chi connectivity index (χ2n) is 18.5. The highest BCUT2D eigenvalue weighted by molar-refractivity contribution is 5.71. The molecule has 0 heterocycles. The average molecular weight is 921 g/mol. The lowest BCUT2D eigenvalue weighted by atomic mass is 10.0. The summed E-state index contributed by atoms with van der Waals surface area (Å²) in [7, 11) is 0. The molecule has 0 aliphatic heterocycles. The number of hydrogen-bond acceptors (Lipinski definition) is 6. The largest absolute Gasteiger partial charge is 0.462 e. The van der Waals surface area contributed by atoms with Crippen LogP contribution in [0.15, 0.2) is 72.9 Å². The zero-order valence-corrected chi connectivity index (χ0v) is 43.4. The zero-order valence-electron chi connectivity index (χ0n) is 43.4. The Balaban J connectivity index is 4.18. The van der Waals surface area contributed by atoms with Crippen LogP contribution in [0.25, 0.3) is 0 Å². The van der Waals surface area contributed by atoms with Crippen molar-refractivity contribution in [2.45, 2.75) is 277 Å². The van der Waals surface area contributed by atoms with Crippen molar-refractivity contribution in [3.63, 3.8) is 0 Å². The smallest absolute Gasteiger partial charge is 0.306 e. The summed E-state index contributed by atoms with van der Waals surface area (Å²) in [5.74, 6) is -0.897. The van der Waals surface area contributed by atoms with Gasteiger partial charge >= 0.3 is 17.9 Å². The molecule has 0 N–H and O–H groups in total. The minimum Gasteiger partial charge on any atom is -0.462 e. The van der Waals surface area contributed by atoms with Gasteiger partial charge in [-0.25, -0.2) is 0 Å². The molecule has 0 amide bonds. The van der Waals surface area contributed by atoms with Gasteiger partial charge in [-0.05, 0) is 89.9 Å². The van der Waals surface area contributed by atoms with Crippen molar-refractivity contribution in [3.05, 3.63) is 72.9 Å². The van der Waals surface area contributed by atoms with Crippen LogP contribution in [-0.4, -0.2) is 37.2 Å². The van der Waals surface area contributed by atoms with E-state index in [1.54, 1.807) is 0 Å². The number of allylic oxidation sites excluding steroid dienone is 12. The lowest BCUT2D eigenvalue weighted by Gasteiger charge is -2.18. The summed E-state index contributed by atoms with van der Waals surface area (Å²) >= 11 is 0. The number of unbranched alkanes of at least 4 members (excludes halogenated alkanes) is 27. The van der Waals surface area contributed by atoms with Crippen LogP contribution >= 0.6 is 0 Å². The van der Waals surface area contributed by atoms with Crippen LogP contribution in [0.3, 0.4) is 0 Å². The highest BCUT2D eigenvalue weighted by Gasteiger charge is 2.19. The maximum absolute atomic E-state index is 12.8. The van der Waals surface area contributed by atoms with Gasteiger partial charge in [0.2, 0.25) is 0 Å². The number of esters is 3. The monoisotopic (exact) mass is 921 g/mol. The molecular formula is C60H104O6. The van der Waals surface area contributed by atoms with Crippen molar-refractivity contribution in [2.24, 2.45) is 0 Å². The molecule has 6 heteroatoms. The van der Waals surface area contributed by atoms with E-state index in [9.17, 15) is 14.4 Å². The molecule has 0 aromatic carbocycles. The lowest BCUT2D eigenvalue weighted by Crippen LogP contribution is -2.30. The van der Waals surface area contributed by atoms with E-state index in [4.69, 9.17) is 14.2 Å². The summed E-state index contributed by atoms with van der Waals surface area (Å²) in [5, 5.41) is 0. The molecule has 0 rings (SSSR count). The van der Waals surface area contributed by atoms with Gasteiger partial charge in [0.25, 0.3) is 0 Å². The summed E-state index contributed by atoms with van der Waals surface area (Å²) in [4.78, 5) is 37.9. The van der Waals surface area contributed by atoms with E-state index in [1.165, 1.54) is 122 Å². The highest BCUT2D eigenvalue weighted by atomic mass is 16.6. The van der Waals surface area contributed by atoms with Gasteiger partial charge in [0.1, 0.15) is 13.2 Å². The third kappa shape index (κ3) is 51.8. The number of carbonyl (C=O) groups excluding carboxylic acids is 3. The number of rotatable bonds is 50. The Morgan fingerprint density at radius 1 is 0.318 bits per heavy atom. The third-order valence-electron chi connectivity index (χ3n) is 11.9. The van der Waals surface area contributed by atoms with Crippen molar-refractivity contribution >= 4 is 17.9 Å². The second-order valence-corrected chi connectivity index (χ2v) is 18.5. The summed E-state index contributed by atoms with van der Waals surface area (Å²) in [6.07, 6.45) is 69.1. The fraction of sp³-hybridized carbons (Fsp3) is 0.750. The van der Waals surface area contributed by atoms with Crippen LogP contribution in [0.2, 0.25) is 0 Å². The minimum atomic E-state index is -0.779. The molecule has 0 bridgehead atoms. The van der Waals surface area contributed by atoms with Crippen molar-refractivity contribution in [1.29, 1.82) is 0 Å². The summed E-state index contributed by atoms with van der Waals surface area (Å²) < 4.78 is 16.8.